The van der Waals surface area contributed by atoms with Crippen LogP contribution in [0.3, 0.4) is 0 Å². The Balaban J connectivity index is 3.75. The van der Waals surface area contributed by atoms with E-state index in [-0.39, 0.29) is 11.9 Å². The van der Waals surface area contributed by atoms with E-state index in [1.807, 2.05) is 20.8 Å². The number of nitrogens with two attached hydrogens (primary N) is 1. The molecule has 0 saturated heterocycles. The first-order valence-electron chi connectivity index (χ1n) is 4.88. The van der Waals surface area contributed by atoms with Crippen molar-refractivity contribution in [3.8, 4) is 0 Å². The molecule has 2 unspecified atom stereocenters. The fourth-order valence-electron chi connectivity index (χ4n) is 0.909. The highest BCUT2D eigenvalue weighted by Crippen LogP contribution is 2.12. The van der Waals surface area contributed by atoms with Gasteiger partial charge in [0, 0.05) is 6.42 Å². The molecule has 0 bridgehead atoms. The molecule has 0 radical (unpaired) electrons. The van der Waals surface area contributed by atoms with Gasteiger partial charge in [-0.1, -0.05) is 6.92 Å². The average molecular weight is 203 g/mol. The summed E-state index contributed by atoms with van der Waals surface area (Å²) in [6.07, 6.45) is -0.0170. The third-order valence-electron chi connectivity index (χ3n) is 1.81. The molecule has 0 aromatic heterocycles. The molecule has 0 amide bonds. The van der Waals surface area contributed by atoms with E-state index >= 15 is 0 Å². The third-order valence-corrected chi connectivity index (χ3v) is 1.81. The number of aliphatic hydroxyl groups is 1. The fourth-order valence-corrected chi connectivity index (χ4v) is 0.909. The smallest absolute Gasteiger partial charge is 0.306 e. The Kier molecular flexibility index (Phi) is 5.08. The van der Waals surface area contributed by atoms with Crippen LogP contribution in [0.15, 0.2) is 0 Å². The Labute approximate surface area is 85.4 Å². The van der Waals surface area contributed by atoms with Crippen molar-refractivity contribution in [3.05, 3.63) is 0 Å². The Morgan fingerprint density at radius 3 is 2.36 bits per heavy atom. The fraction of sp³-hybridized carbons (Fsp3) is 0.900. The maximum atomic E-state index is 11.2. The van der Waals surface area contributed by atoms with Gasteiger partial charge in [0.25, 0.3) is 0 Å². The molecule has 84 valence electrons. The van der Waals surface area contributed by atoms with E-state index in [0.29, 0.717) is 12.8 Å². The zero-order chi connectivity index (χ0) is 11.4. The topological polar surface area (TPSA) is 72.5 Å². The van der Waals surface area contributed by atoms with Gasteiger partial charge in [0.05, 0.1) is 0 Å². The van der Waals surface area contributed by atoms with Crippen LogP contribution in [0, 0.1) is 5.92 Å². The van der Waals surface area contributed by atoms with Crippen LogP contribution in [0.25, 0.3) is 0 Å². The van der Waals surface area contributed by atoms with E-state index in [1.165, 1.54) is 0 Å². The molecule has 2 atom stereocenters. The van der Waals surface area contributed by atoms with Crippen molar-refractivity contribution in [2.75, 3.05) is 0 Å². The minimum Gasteiger partial charge on any atom is -0.460 e. The van der Waals surface area contributed by atoms with E-state index in [1.54, 1.807) is 6.92 Å². The highest BCUT2D eigenvalue weighted by molar-refractivity contribution is 5.69. The molecule has 0 aliphatic carbocycles. The molecule has 0 aromatic carbocycles. The van der Waals surface area contributed by atoms with Crippen LogP contribution in [0.4, 0.5) is 0 Å². The number of hydrogen-bond donors (Lipinski definition) is 2. The third kappa shape index (κ3) is 6.86. The molecule has 3 N–H and O–H groups in total. The molecule has 0 aliphatic heterocycles. The highest BCUT2D eigenvalue weighted by Gasteiger charge is 2.17. The predicted octanol–water partition coefficient (Wildman–Crippen LogP) is 1.02. The van der Waals surface area contributed by atoms with Gasteiger partial charge in [-0.05, 0) is 33.1 Å². The monoisotopic (exact) mass is 203 g/mol. The second-order valence-electron chi connectivity index (χ2n) is 4.59. The van der Waals surface area contributed by atoms with Crippen LogP contribution in [-0.4, -0.2) is 22.9 Å². The Hall–Kier alpha value is -0.610. The summed E-state index contributed by atoms with van der Waals surface area (Å²) in [6.45, 7) is 7.28. The first-order chi connectivity index (χ1) is 6.22. The van der Waals surface area contributed by atoms with Crippen LogP contribution in [0.5, 0.6) is 0 Å². The van der Waals surface area contributed by atoms with Crippen molar-refractivity contribution < 1.29 is 14.6 Å². The van der Waals surface area contributed by atoms with Gasteiger partial charge in [-0.2, -0.15) is 0 Å². The van der Waals surface area contributed by atoms with Gasteiger partial charge < -0.3 is 15.6 Å². The number of ether oxygens (including phenoxy) is 1. The normalized spacial score (nSPS) is 16.1. The van der Waals surface area contributed by atoms with E-state index in [4.69, 9.17) is 15.6 Å². The number of rotatable bonds is 4. The lowest BCUT2D eigenvalue weighted by Gasteiger charge is -2.20. The number of carbonyl (C=O) groups is 1. The van der Waals surface area contributed by atoms with Crippen molar-refractivity contribution in [1.82, 2.24) is 0 Å². The zero-order valence-corrected chi connectivity index (χ0v) is 9.41. The number of aliphatic hydroxyl groups excluding tert-OH is 1. The number of esters is 1. The predicted molar refractivity (Wildman–Crippen MR) is 54.4 cm³/mol. The molecule has 0 saturated carbocycles. The Morgan fingerprint density at radius 2 is 2.00 bits per heavy atom. The summed E-state index contributed by atoms with van der Waals surface area (Å²) in [7, 11) is 0. The lowest BCUT2D eigenvalue weighted by atomic mass is 10.0. The minimum atomic E-state index is -0.863. The molecule has 0 heterocycles. The van der Waals surface area contributed by atoms with Crippen molar-refractivity contribution >= 4 is 5.97 Å². The Morgan fingerprint density at radius 1 is 1.50 bits per heavy atom. The van der Waals surface area contributed by atoms with Gasteiger partial charge in [-0.25, -0.2) is 0 Å². The molecule has 0 aromatic rings. The van der Waals surface area contributed by atoms with Crippen LogP contribution < -0.4 is 5.73 Å². The van der Waals surface area contributed by atoms with Gasteiger partial charge >= 0.3 is 5.97 Å². The van der Waals surface area contributed by atoms with Gasteiger partial charge in [0.15, 0.2) is 0 Å². The summed E-state index contributed by atoms with van der Waals surface area (Å²) in [5.41, 5.74) is 4.81. The van der Waals surface area contributed by atoms with Crippen LogP contribution in [-0.2, 0) is 9.53 Å². The Bertz CT molecular complexity index is 184. The van der Waals surface area contributed by atoms with Gasteiger partial charge in [-0.15, -0.1) is 0 Å². The van der Waals surface area contributed by atoms with Gasteiger partial charge in [0.2, 0.25) is 0 Å². The highest BCUT2D eigenvalue weighted by atomic mass is 16.6. The maximum Gasteiger partial charge on any atom is 0.306 e. The van der Waals surface area contributed by atoms with Crippen LogP contribution >= 0.6 is 0 Å². The van der Waals surface area contributed by atoms with E-state index in [9.17, 15) is 4.79 Å². The second kappa shape index (κ2) is 5.32. The van der Waals surface area contributed by atoms with E-state index in [2.05, 4.69) is 0 Å². The number of carbonyl (C=O) groups excluding carboxylic acids is 1. The quantitative estimate of drug-likeness (QED) is 0.528. The summed E-state index contributed by atoms with van der Waals surface area (Å²) < 4.78 is 5.11. The van der Waals surface area contributed by atoms with Crippen LogP contribution in [0.2, 0.25) is 0 Å². The summed E-state index contributed by atoms with van der Waals surface area (Å²) in [4.78, 5) is 11.2. The molecule has 0 fully saturated rings. The molecular formula is C10H21NO3. The van der Waals surface area contributed by atoms with Crippen LogP contribution in [0.1, 0.15) is 40.5 Å². The molecule has 14 heavy (non-hydrogen) atoms. The van der Waals surface area contributed by atoms with Crippen molar-refractivity contribution in [2.24, 2.45) is 11.7 Å². The van der Waals surface area contributed by atoms with Gasteiger partial charge in [-0.3, -0.25) is 4.79 Å². The lowest BCUT2D eigenvalue weighted by Crippen LogP contribution is -2.29. The van der Waals surface area contributed by atoms with Gasteiger partial charge in [0.1, 0.15) is 11.8 Å². The first kappa shape index (κ1) is 13.4. The molecule has 0 aliphatic rings. The minimum absolute atomic E-state index is 0.0810. The van der Waals surface area contributed by atoms with E-state index in [0.717, 1.165) is 0 Å². The summed E-state index contributed by atoms with van der Waals surface area (Å²) >= 11 is 0. The summed E-state index contributed by atoms with van der Waals surface area (Å²) in [6, 6.07) is 0. The second-order valence-corrected chi connectivity index (χ2v) is 4.59. The SMILES string of the molecule is CC(CCC(=O)OC(C)(C)C)C(N)O. The first-order valence-corrected chi connectivity index (χ1v) is 4.88. The standard InChI is InChI=1S/C10H21NO3/c1-7(9(11)13)5-6-8(12)14-10(2,3)4/h7,9,13H,5-6,11H2,1-4H3. The summed E-state index contributed by atoms with van der Waals surface area (Å²) in [5, 5.41) is 8.99. The lowest BCUT2D eigenvalue weighted by molar-refractivity contribution is -0.155. The van der Waals surface area contributed by atoms with Crippen molar-refractivity contribution in [1.29, 1.82) is 0 Å². The average Bonchev–Trinajstić information content (AvgIpc) is 1.96. The molecule has 4 heteroatoms. The largest absolute Gasteiger partial charge is 0.460 e. The molecule has 4 nitrogen and oxygen atoms in total. The molecule has 0 rings (SSSR count). The number of hydrogen-bond acceptors (Lipinski definition) is 4. The maximum absolute atomic E-state index is 11.2. The molecular weight excluding hydrogens is 182 g/mol. The zero-order valence-electron chi connectivity index (χ0n) is 9.41. The van der Waals surface area contributed by atoms with Crippen molar-refractivity contribution in [2.45, 2.75) is 52.4 Å². The van der Waals surface area contributed by atoms with E-state index < -0.39 is 11.8 Å². The van der Waals surface area contributed by atoms with Crippen molar-refractivity contribution in [3.63, 3.8) is 0 Å². The molecule has 0 spiro atoms. The summed E-state index contributed by atoms with van der Waals surface area (Å²) in [5.74, 6) is -0.326.